The van der Waals surface area contributed by atoms with Crippen LogP contribution in [-0.2, 0) is 0 Å². The molecule has 0 aromatic heterocycles. The van der Waals surface area contributed by atoms with Crippen LogP contribution < -0.4 is 10.6 Å². The Morgan fingerprint density at radius 2 is 1.54 bits per heavy atom. The monoisotopic (exact) mass is 483 g/mol. The van der Waals surface area contributed by atoms with E-state index in [0.717, 1.165) is 70.9 Å². The van der Waals surface area contributed by atoms with E-state index < -0.39 is 5.60 Å². The number of piperazine rings is 1. The fraction of sp³-hybridized carbons (Fsp3) is 0.947. The Labute approximate surface area is 178 Å². The SMILES string of the molecule is CCCC(O)(CCC)CN=C(NCC)NCCN1CCN(CC)CC1.I. The Morgan fingerprint density at radius 3 is 2.04 bits per heavy atom. The average Bonchev–Trinajstić information content (AvgIpc) is 2.61. The van der Waals surface area contributed by atoms with Crippen molar-refractivity contribution in [3.05, 3.63) is 0 Å². The van der Waals surface area contributed by atoms with E-state index in [-0.39, 0.29) is 24.0 Å². The summed E-state index contributed by atoms with van der Waals surface area (Å²) in [6, 6.07) is 0. The van der Waals surface area contributed by atoms with Crippen LogP contribution in [0.4, 0.5) is 0 Å². The second-order valence-electron chi connectivity index (χ2n) is 7.12. The van der Waals surface area contributed by atoms with Crippen LogP contribution >= 0.6 is 24.0 Å². The largest absolute Gasteiger partial charge is 0.388 e. The van der Waals surface area contributed by atoms with Gasteiger partial charge in [-0.2, -0.15) is 0 Å². The van der Waals surface area contributed by atoms with Crippen LogP contribution in [0.15, 0.2) is 4.99 Å². The molecule has 7 heteroatoms. The third kappa shape index (κ3) is 10.3. The van der Waals surface area contributed by atoms with Gasteiger partial charge >= 0.3 is 0 Å². The molecule has 1 fully saturated rings. The molecule has 0 aliphatic carbocycles. The van der Waals surface area contributed by atoms with E-state index in [4.69, 9.17) is 0 Å². The molecule has 0 aromatic rings. The summed E-state index contributed by atoms with van der Waals surface area (Å²) in [7, 11) is 0. The highest BCUT2D eigenvalue weighted by molar-refractivity contribution is 14.0. The Balaban J connectivity index is 0.00000625. The van der Waals surface area contributed by atoms with Gasteiger partial charge in [0.1, 0.15) is 0 Å². The molecule has 0 saturated carbocycles. The highest BCUT2D eigenvalue weighted by Gasteiger charge is 2.24. The normalized spacial score (nSPS) is 17.0. The van der Waals surface area contributed by atoms with E-state index in [9.17, 15) is 5.11 Å². The van der Waals surface area contributed by atoms with E-state index >= 15 is 0 Å². The predicted molar refractivity (Wildman–Crippen MR) is 123 cm³/mol. The van der Waals surface area contributed by atoms with Crippen LogP contribution in [0.3, 0.4) is 0 Å². The number of guanidine groups is 1. The summed E-state index contributed by atoms with van der Waals surface area (Å²) in [5, 5.41) is 17.4. The average molecular weight is 483 g/mol. The highest BCUT2D eigenvalue weighted by atomic mass is 127. The minimum Gasteiger partial charge on any atom is -0.388 e. The second kappa shape index (κ2) is 14.9. The van der Waals surface area contributed by atoms with Crippen LogP contribution in [0, 0.1) is 0 Å². The lowest BCUT2D eigenvalue weighted by Gasteiger charge is -2.34. The molecule has 3 N–H and O–H groups in total. The standard InChI is InChI=1S/C19H41N5O.HI/c1-5-9-19(25,10-6-2)17-22-18(20-7-3)21-11-12-24-15-13-23(8-4)14-16-24;/h25H,5-17H2,1-4H3,(H2,20,21,22);1H. The molecule has 1 saturated heterocycles. The van der Waals surface area contributed by atoms with E-state index in [1.54, 1.807) is 0 Å². The van der Waals surface area contributed by atoms with Gasteiger partial charge < -0.3 is 20.6 Å². The lowest BCUT2D eigenvalue weighted by molar-refractivity contribution is 0.0306. The van der Waals surface area contributed by atoms with Crippen molar-refractivity contribution in [1.29, 1.82) is 0 Å². The topological polar surface area (TPSA) is 63.1 Å². The van der Waals surface area contributed by atoms with Gasteiger partial charge in [-0.25, -0.2) is 0 Å². The molecule has 1 rings (SSSR count). The van der Waals surface area contributed by atoms with Crippen molar-refractivity contribution in [2.75, 3.05) is 58.9 Å². The van der Waals surface area contributed by atoms with Gasteiger partial charge in [-0.15, -0.1) is 24.0 Å². The van der Waals surface area contributed by atoms with Crippen LogP contribution in [0.2, 0.25) is 0 Å². The van der Waals surface area contributed by atoms with Crippen molar-refractivity contribution in [3.63, 3.8) is 0 Å². The molecule has 156 valence electrons. The van der Waals surface area contributed by atoms with Crippen LogP contribution in [0.1, 0.15) is 53.4 Å². The van der Waals surface area contributed by atoms with Gasteiger partial charge in [0, 0.05) is 45.8 Å². The van der Waals surface area contributed by atoms with E-state index in [2.05, 4.69) is 53.1 Å². The first-order valence-electron chi connectivity index (χ1n) is 10.3. The number of aliphatic hydroxyl groups is 1. The molecule has 0 unspecified atom stereocenters. The number of nitrogens with one attached hydrogen (secondary N) is 2. The summed E-state index contributed by atoms with van der Waals surface area (Å²) >= 11 is 0. The number of halogens is 1. The molecule has 0 bridgehead atoms. The first-order chi connectivity index (χ1) is 12.1. The maximum absolute atomic E-state index is 10.7. The minimum absolute atomic E-state index is 0. The predicted octanol–water partition coefficient (Wildman–Crippen LogP) is 2.13. The van der Waals surface area contributed by atoms with Crippen molar-refractivity contribution >= 4 is 29.9 Å². The van der Waals surface area contributed by atoms with Crippen molar-refractivity contribution < 1.29 is 5.11 Å². The van der Waals surface area contributed by atoms with E-state index in [1.165, 1.54) is 13.1 Å². The minimum atomic E-state index is -0.664. The zero-order valence-corrected chi connectivity index (χ0v) is 19.7. The Bertz CT molecular complexity index is 367. The van der Waals surface area contributed by atoms with Crippen molar-refractivity contribution in [1.82, 2.24) is 20.4 Å². The molecule has 1 aliphatic heterocycles. The van der Waals surface area contributed by atoms with Gasteiger partial charge in [0.15, 0.2) is 5.96 Å². The van der Waals surface area contributed by atoms with Gasteiger partial charge in [-0.3, -0.25) is 9.89 Å². The summed E-state index contributed by atoms with van der Waals surface area (Å²) in [6.45, 7) is 17.6. The third-order valence-electron chi connectivity index (χ3n) is 4.94. The van der Waals surface area contributed by atoms with Gasteiger partial charge in [0.2, 0.25) is 0 Å². The fourth-order valence-corrected chi connectivity index (χ4v) is 3.44. The Kier molecular flexibility index (Phi) is 14.8. The summed E-state index contributed by atoms with van der Waals surface area (Å²) in [4.78, 5) is 9.65. The maximum atomic E-state index is 10.7. The molecule has 0 atom stereocenters. The Hall–Kier alpha value is -0.120. The van der Waals surface area contributed by atoms with Gasteiger partial charge in [-0.05, 0) is 26.3 Å². The molecule has 6 nitrogen and oxygen atoms in total. The maximum Gasteiger partial charge on any atom is 0.191 e. The summed E-state index contributed by atoms with van der Waals surface area (Å²) < 4.78 is 0. The highest BCUT2D eigenvalue weighted by Crippen LogP contribution is 2.19. The number of hydrogen-bond donors (Lipinski definition) is 3. The molecule has 26 heavy (non-hydrogen) atoms. The number of likely N-dealkylation sites (N-methyl/N-ethyl adjacent to an activating group) is 1. The number of hydrogen-bond acceptors (Lipinski definition) is 4. The zero-order chi connectivity index (χ0) is 18.5. The van der Waals surface area contributed by atoms with Crippen LogP contribution in [0.25, 0.3) is 0 Å². The van der Waals surface area contributed by atoms with E-state index in [1.807, 2.05) is 0 Å². The molecular weight excluding hydrogens is 441 g/mol. The lowest BCUT2D eigenvalue weighted by atomic mass is 9.93. The Morgan fingerprint density at radius 1 is 0.962 bits per heavy atom. The first-order valence-corrected chi connectivity index (χ1v) is 10.3. The molecule has 0 aromatic carbocycles. The number of rotatable bonds is 11. The second-order valence-corrected chi connectivity index (χ2v) is 7.12. The van der Waals surface area contributed by atoms with Crippen LogP contribution in [0.5, 0.6) is 0 Å². The van der Waals surface area contributed by atoms with E-state index in [0.29, 0.717) is 6.54 Å². The molecule has 0 radical (unpaired) electrons. The number of nitrogens with zero attached hydrogens (tertiary/aromatic N) is 3. The lowest BCUT2D eigenvalue weighted by Crippen LogP contribution is -2.49. The molecule has 0 amide bonds. The fourth-order valence-electron chi connectivity index (χ4n) is 3.44. The van der Waals surface area contributed by atoms with Crippen LogP contribution in [-0.4, -0.2) is 85.4 Å². The van der Waals surface area contributed by atoms with Crippen molar-refractivity contribution in [2.45, 2.75) is 59.0 Å². The third-order valence-corrected chi connectivity index (χ3v) is 4.94. The first kappa shape index (κ1) is 25.9. The molecular formula is C19H42IN5O. The number of aliphatic imine (C=N–C) groups is 1. The summed E-state index contributed by atoms with van der Waals surface area (Å²) in [5.74, 6) is 0.820. The smallest absolute Gasteiger partial charge is 0.191 e. The van der Waals surface area contributed by atoms with Gasteiger partial charge in [0.05, 0.1) is 12.1 Å². The molecule has 0 spiro atoms. The summed E-state index contributed by atoms with van der Waals surface area (Å²) in [6.07, 6.45) is 3.59. The van der Waals surface area contributed by atoms with Gasteiger partial charge in [0.25, 0.3) is 0 Å². The summed E-state index contributed by atoms with van der Waals surface area (Å²) in [5.41, 5.74) is -0.664. The molecule has 1 aliphatic rings. The van der Waals surface area contributed by atoms with Gasteiger partial charge in [-0.1, -0.05) is 33.6 Å². The van der Waals surface area contributed by atoms with Crippen molar-refractivity contribution in [3.8, 4) is 0 Å². The zero-order valence-electron chi connectivity index (χ0n) is 17.4. The quantitative estimate of drug-likeness (QED) is 0.239. The van der Waals surface area contributed by atoms with Crippen molar-refractivity contribution in [2.24, 2.45) is 4.99 Å². The molecule has 1 heterocycles.